The highest BCUT2D eigenvalue weighted by atomic mass is 19.1. The van der Waals surface area contributed by atoms with Crippen molar-refractivity contribution in [2.75, 3.05) is 44.2 Å². The summed E-state index contributed by atoms with van der Waals surface area (Å²) in [6.45, 7) is 5.78. The van der Waals surface area contributed by atoms with Gasteiger partial charge in [-0.3, -0.25) is 24.7 Å². The van der Waals surface area contributed by atoms with Crippen LogP contribution in [0.15, 0.2) is 91.0 Å². The second-order valence-corrected chi connectivity index (χ2v) is 14.6. The first kappa shape index (κ1) is 38.2. The predicted molar refractivity (Wildman–Crippen MR) is 210 cm³/mol. The summed E-state index contributed by atoms with van der Waals surface area (Å²) in [7, 11) is 0. The molecule has 0 bridgehead atoms. The number of allylic oxidation sites excluding steroid dienone is 1. The van der Waals surface area contributed by atoms with Crippen molar-refractivity contribution >= 4 is 28.6 Å². The molecule has 10 nitrogen and oxygen atoms in total. The van der Waals surface area contributed by atoms with Crippen LogP contribution in [0.1, 0.15) is 73.1 Å². The van der Waals surface area contributed by atoms with Crippen molar-refractivity contribution in [3.63, 3.8) is 0 Å². The number of piperidine rings is 1. The Morgan fingerprint density at radius 2 is 1.60 bits per heavy atom. The van der Waals surface area contributed by atoms with Crippen LogP contribution in [0.4, 0.5) is 10.1 Å². The molecule has 55 heavy (non-hydrogen) atoms. The fourth-order valence-corrected chi connectivity index (χ4v) is 8.09. The fourth-order valence-electron chi connectivity index (χ4n) is 8.09. The van der Waals surface area contributed by atoms with Gasteiger partial charge in [0.25, 0.3) is 0 Å². The molecule has 288 valence electrons. The molecule has 3 unspecified atom stereocenters. The van der Waals surface area contributed by atoms with Crippen LogP contribution in [0.3, 0.4) is 0 Å². The maximum Gasteiger partial charge on any atom is 0.244 e. The molecule has 2 amide bonds. The van der Waals surface area contributed by atoms with Gasteiger partial charge in [-0.1, -0.05) is 67.6 Å². The van der Waals surface area contributed by atoms with Crippen molar-refractivity contribution in [2.45, 2.75) is 63.9 Å². The normalized spacial score (nSPS) is 20.2. The molecule has 2 fully saturated rings. The van der Waals surface area contributed by atoms with Crippen molar-refractivity contribution < 1.29 is 34.0 Å². The zero-order chi connectivity index (χ0) is 38.5. The molecule has 3 aliphatic rings. The Labute approximate surface area is 321 Å². The number of aromatic hydroxyl groups is 1. The van der Waals surface area contributed by atoms with Gasteiger partial charge in [0.05, 0.1) is 24.4 Å². The van der Waals surface area contributed by atoms with E-state index in [0.29, 0.717) is 69.0 Å². The van der Waals surface area contributed by atoms with Gasteiger partial charge in [-0.05, 0) is 83.9 Å². The second kappa shape index (κ2) is 17.2. The Hall–Kier alpha value is -5.07. The molecule has 2 saturated heterocycles. The highest BCUT2D eigenvalue weighted by Crippen LogP contribution is 2.40. The number of phenols is 1. The molecule has 0 aromatic heterocycles. The number of ether oxygens (including phenoxy) is 1. The number of carbonyl (C=O) groups excluding carboxylic acids is 2. The molecule has 3 atom stereocenters. The number of β-amino-alcohol motifs (C(OH)–C–C–N with tert-alkyl or cyclic N) is 1. The van der Waals surface area contributed by atoms with E-state index < -0.39 is 24.3 Å². The lowest BCUT2D eigenvalue weighted by molar-refractivity contribution is -0.141. The lowest BCUT2D eigenvalue weighted by Crippen LogP contribution is -2.51. The number of aliphatic hydroxyl groups is 2. The molecule has 4 aromatic rings. The number of fused-ring (bicyclic) bond motifs is 1. The van der Waals surface area contributed by atoms with Gasteiger partial charge >= 0.3 is 0 Å². The van der Waals surface area contributed by atoms with Crippen LogP contribution in [-0.2, 0) is 16.1 Å². The van der Waals surface area contributed by atoms with Crippen molar-refractivity contribution in [1.29, 1.82) is 0 Å². The number of hydrogen-bond donors (Lipinski definition) is 4. The maximum absolute atomic E-state index is 15.9. The molecule has 4 aromatic carbocycles. The standard InChI is InChI=1S/C44H49FN4O6/c1-2-35(29-7-4-3-5-8-29)41(30-10-14-32(50)15-11-30)31-12-16-34(17-13-31)55-26-6-9-33(51)27-47-22-24-48(25-23-47)38-19-18-36-37(42(38)45)28-49(44(36)54)39-20-21-40(52)46-43(39)53/h3-5,7-8,10-19,33,39,44,50-51,54H,2,6,9,20-28H2,1H3,(H,46,52,53)/b41-35-. The third-order valence-electron chi connectivity index (χ3n) is 11.0. The van der Waals surface area contributed by atoms with E-state index >= 15 is 4.39 Å². The highest BCUT2D eigenvalue weighted by molar-refractivity contribution is 6.00. The van der Waals surface area contributed by atoms with E-state index in [1.165, 1.54) is 5.57 Å². The summed E-state index contributed by atoms with van der Waals surface area (Å²) >= 11 is 0. The lowest BCUT2D eigenvalue weighted by Gasteiger charge is -2.37. The van der Waals surface area contributed by atoms with E-state index in [9.17, 15) is 24.9 Å². The number of phenolic OH excluding ortho intramolecular Hbond substituents is 1. The molecule has 4 N–H and O–H groups in total. The van der Waals surface area contributed by atoms with Gasteiger partial charge in [0.2, 0.25) is 11.8 Å². The molecule has 0 aliphatic carbocycles. The summed E-state index contributed by atoms with van der Waals surface area (Å²) in [5.41, 5.74) is 6.87. The summed E-state index contributed by atoms with van der Waals surface area (Å²) in [4.78, 5) is 29.8. The van der Waals surface area contributed by atoms with E-state index in [1.54, 1.807) is 29.2 Å². The fraction of sp³-hybridized carbons (Fsp3) is 0.364. The molecular formula is C44H49FN4O6. The van der Waals surface area contributed by atoms with E-state index in [1.807, 2.05) is 47.4 Å². The van der Waals surface area contributed by atoms with Crippen LogP contribution in [0.5, 0.6) is 11.5 Å². The number of hydrogen-bond acceptors (Lipinski definition) is 9. The van der Waals surface area contributed by atoms with Crippen LogP contribution >= 0.6 is 0 Å². The second-order valence-electron chi connectivity index (χ2n) is 14.6. The van der Waals surface area contributed by atoms with Gasteiger partial charge in [0.15, 0.2) is 5.82 Å². The number of piperazine rings is 1. The largest absolute Gasteiger partial charge is 0.508 e. The Bertz CT molecular complexity index is 2000. The summed E-state index contributed by atoms with van der Waals surface area (Å²) in [5, 5.41) is 34.0. The minimum Gasteiger partial charge on any atom is -0.508 e. The van der Waals surface area contributed by atoms with Crippen molar-refractivity contribution in [1.82, 2.24) is 15.1 Å². The van der Waals surface area contributed by atoms with Crippen LogP contribution in [0, 0.1) is 5.82 Å². The molecule has 0 saturated carbocycles. The average molecular weight is 749 g/mol. The number of nitrogens with one attached hydrogen (secondary N) is 1. The number of amides is 2. The molecule has 3 heterocycles. The smallest absolute Gasteiger partial charge is 0.244 e. The molecule has 0 radical (unpaired) electrons. The number of carbonyl (C=O) groups is 2. The Morgan fingerprint density at radius 3 is 2.27 bits per heavy atom. The number of halogens is 1. The molecule has 11 heteroatoms. The molecule has 3 aliphatic heterocycles. The van der Waals surface area contributed by atoms with E-state index in [4.69, 9.17) is 4.74 Å². The lowest BCUT2D eigenvalue weighted by atomic mass is 9.88. The minimum absolute atomic E-state index is 0.0947. The highest BCUT2D eigenvalue weighted by Gasteiger charge is 2.41. The van der Waals surface area contributed by atoms with Crippen molar-refractivity contribution in [2.24, 2.45) is 0 Å². The third-order valence-corrected chi connectivity index (χ3v) is 11.0. The van der Waals surface area contributed by atoms with Gasteiger partial charge in [-0.25, -0.2) is 4.39 Å². The number of aliphatic hydroxyl groups excluding tert-OH is 2. The average Bonchev–Trinajstić information content (AvgIpc) is 3.53. The number of nitrogens with zero attached hydrogens (tertiary/aromatic N) is 3. The van der Waals surface area contributed by atoms with Gasteiger partial charge in [0.1, 0.15) is 17.7 Å². The molecular weight excluding hydrogens is 700 g/mol. The first-order chi connectivity index (χ1) is 26.7. The Kier molecular flexibility index (Phi) is 11.9. The van der Waals surface area contributed by atoms with Gasteiger partial charge < -0.3 is 25.0 Å². The van der Waals surface area contributed by atoms with E-state index in [-0.39, 0.29) is 36.9 Å². The third kappa shape index (κ3) is 8.60. The zero-order valence-corrected chi connectivity index (χ0v) is 31.2. The number of imide groups is 1. The zero-order valence-electron chi connectivity index (χ0n) is 31.2. The van der Waals surface area contributed by atoms with Crippen LogP contribution in [0.25, 0.3) is 11.1 Å². The first-order valence-electron chi connectivity index (χ1n) is 19.3. The molecule has 7 rings (SSSR count). The van der Waals surface area contributed by atoms with Crippen molar-refractivity contribution in [3.05, 3.63) is 125 Å². The van der Waals surface area contributed by atoms with Gasteiger partial charge in [0, 0.05) is 56.8 Å². The number of rotatable bonds is 13. The first-order valence-corrected chi connectivity index (χ1v) is 19.3. The number of benzene rings is 4. The summed E-state index contributed by atoms with van der Waals surface area (Å²) < 4.78 is 21.9. The monoisotopic (exact) mass is 748 g/mol. The summed E-state index contributed by atoms with van der Waals surface area (Å²) in [6.07, 6.45) is 0.967. The van der Waals surface area contributed by atoms with E-state index in [0.717, 1.165) is 34.4 Å². The van der Waals surface area contributed by atoms with Gasteiger partial charge in [-0.15, -0.1) is 0 Å². The van der Waals surface area contributed by atoms with Crippen LogP contribution in [-0.4, -0.2) is 88.4 Å². The molecule has 0 spiro atoms. The van der Waals surface area contributed by atoms with E-state index in [2.05, 4.69) is 41.4 Å². The quantitative estimate of drug-likeness (QED) is 0.0757. The topological polar surface area (TPSA) is 126 Å². The summed E-state index contributed by atoms with van der Waals surface area (Å²) in [6, 6.07) is 28.5. The van der Waals surface area contributed by atoms with Crippen LogP contribution in [0.2, 0.25) is 0 Å². The Balaban J connectivity index is 0.882. The Morgan fingerprint density at radius 1 is 0.909 bits per heavy atom. The van der Waals surface area contributed by atoms with Gasteiger partial charge in [-0.2, -0.15) is 0 Å². The number of anilines is 1. The van der Waals surface area contributed by atoms with Crippen LogP contribution < -0.4 is 15.0 Å². The summed E-state index contributed by atoms with van der Waals surface area (Å²) in [5.74, 6) is -0.192. The predicted octanol–water partition coefficient (Wildman–Crippen LogP) is 5.85. The van der Waals surface area contributed by atoms with Crippen molar-refractivity contribution in [3.8, 4) is 11.5 Å². The maximum atomic E-state index is 15.9. The SMILES string of the molecule is CC/C(=C(\c1ccc(O)cc1)c1ccc(OCCCC(O)CN2CCN(c3ccc4c(c3F)CN(C3CCC(=O)NC3=O)C4O)CC2)cc1)c1ccccc1. The minimum atomic E-state index is -1.11.